The summed E-state index contributed by atoms with van der Waals surface area (Å²) in [5.74, 6) is -1.15. The predicted octanol–water partition coefficient (Wildman–Crippen LogP) is 3.88. The van der Waals surface area contributed by atoms with Crippen LogP contribution in [0.25, 0.3) is 0 Å². The lowest BCUT2D eigenvalue weighted by Gasteiger charge is -2.31. The van der Waals surface area contributed by atoms with Crippen LogP contribution in [0.3, 0.4) is 0 Å². The highest BCUT2D eigenvalue weighted by Crippen LogP contribution is 2.65. The minimum atomic E-state index is -0.861. The summed E-state index contributed by atoms with van der Waals surface area (Å²) in [5.41, 5.74) is 1.33. The standard InChI is InChI=1S/C20H24O3/c1-19(2)16-9-10-20(19,3)17(21)15(16)12-14(18(22)23)11-13-7-5-4-6-8-13/h4-8,12,14,16H,9-11H2,1-3H3,(H,22,23)/b15-12+. The number of hydrogen-bond donors (Lipinski definition) is 1. The zero-order valence-corrected chi connectivity index (χ0v) is 14.0. The number of carboxylic acid groups (broad SMARTS) is 1. The quantitative estimate of drug-likeness (QED) is 0.858. The van der Waals surface area contributed by atoms with Gasteiger partial charge in [-0.25, -0.2) is 0 Å². The summed E-state index contributed by atoms with van der Waals surface area (Å²) in [7, 11) is 0. The van der Waals surface area contributed by atoms with Crippen molar-refractivity contribution in [1.29, 1.82) is 0 Å². The van der Waals surface area contributed by atoms with Gasteiger partial charge in [-0.05, 0) is 41.7 Å². The molecule has 0 amide bonds. The van der Waals surface area contributed by atoms with Gasteiger partial charge in [0.05, 0.1) is 5.92 Å². The van der Waals surface area contributed by atoms with Gasteiger partial charge in [-0.15, -0.1) is 0 Å². The SMILES string of the molecule is CC12CCC(/C(=C\C(Cc3ccccc3)C(=O)O)C1=O)C2(C)C. The van der Waals surface area contributed by atoms with E-state index in [9.17, 15) is 14.7 Å². The number of rotatable bonds is 4. The lowest BCUT2D eigenvalue weighted by molar-refractivity contribution is -0.140. The normalized spacial score (nSPS) is 31.5. The fraction of sp³-hybridized carbons (Fsp3) is 0.500. The molecule has 1 N–H and O–H groups in total. The van der Waals surface area contributed by atoms with Crippen molar-refractivity contribution in [1.82, 2.24) is 0 Å². The van der Waals surface area contributed by atoms with Crippen molar-refractivity contribution in [2.45, 2.75) is 40.0 Å². The third kappa shape index (κ3) is 2.34. The Hall–Kier alpha value is -1.90. The second-order valence-electron chi connectivity index (χ2n) is 7.73. The molecule has 0 aliphatic heterocycles. The first-order valence-electron chi connectivity index (χ1n) is 8.30. The number of carbonyl (C=O) groups excluding carboxylic acids is 1. The van der Waals surface area contributed by atoms with Crippen LogP contribution >= 0.6 is 0 Å². The van der Waals surface area contributed by atoms with E-state index in [-0.39, 0.29) is 22.5 Å². The van der Waals surface area contributed by atoms with E-state index in [1.165, 1.54) is 0 Å². The van der Waals surface area contributed by atoms with Gasteiger partial charge in [-0.2, -0.15) is 0 Å². The molecule has 23 heavy (non-hydrogen) atoms. The highest BCUT2D eigenvalue weighted by atomic mass is 16.4. The van der Waals surface area contributed by atoms with Gasteiger partial charge in [-0.3, -0.25) is 9.59 Å². The van der Waals surface area contributed by atoms with E-state index in [1.54, 1.807) is 6.08 Å². The lowest BCUT2D eigenvalue weighted by atomic mass is 9.70. The van der Waals surface area contributed by atoms with Crippen LogP contribution in [0.5, 0.6) is 0 Å². The molecule has 3 atom stereocenters. The molecule has 3 unspecified atom stereocenters. The van der Waals surface area contributed by atoms with E-state index in [2.05, 4.69) is 13.8 Å². The Balaban J connectivity index is 1.93. The summed E-state index contributed by atoms with van der Waals surface area (Å²) in [6.07, 6.45) is 4.07. The average molecular weight is 312 g/mol. The third-order valence-electron chi connectivity index (χ3n) is 6.36. The predicted molar refractivity (Wildman–Crippen MR) is 89.0 cm³/mol. The first-order valence-corrected chi connectivity index (χ1v) is 8.30. The zero-order valence-electron chi connectivity index (χ0n) is 14.0. The molecule has 122 valence electrons. The number of carboxylic acids is 1. The highest BCUT2D eigenvalue weighted by Gasteiger charge is 2.63. The van der Waals surface area contributed by atoms with Crippen LogP contribution in [0, 0.1) is 22.7 Å². The molecule has 0 spiro atoms. The maximum absolute atomic E-state index is 12.9. The van der Waals surface area contributed by atoms with Gasteiger partial charge in [-0.1, -0.05) is 57.2 Å². The van der Waals surface area contributed by atoms with E-state index in [4.69, 9.17) is 0 Å². The van der Waals surface area contributed by atoms with Gasteiger partial charge < -0.3 is 5.11 Å². The van der Waals surface area contributed by atoms with Crippen LogP contribution in [-0.2, 0) is 16.0 Å². The van der Waals surface area contributed by atoms with Crippen LogP contribution in [0.15, 0.2) is 42.0 Å². The number of carbonyl (C=O) groups is 2. The van der Waals surface area contributed by atoms with E-state index >= 15 is 0 Å². The molecule has 1 aromatic rings. The summed E-state index contributed by atoms with van der Waals surface area (Å²) >= 11 is 0. The summed E-state index contributed by atoms with van der Waals surface area (Å²) in [6, 6.07) is 9.60. The van der Waals surface area contributed by atoms with Crippen molar-refractivity contribution in [3.63, 3.8) is 0 Å². The van der Waals surface area contributed by atoms with Crippen LogP contribution < -0.4 is 0 Å². The lowest BCUT2D eigenvalue weighted by Crippen LogP contribution is -2.32. The molecule has 0 radical (unpaired) electrons. The number of hydrogen-bond acceptors (Lipinski definition) is 2. The minimum absolute atomic E-state index is 0.0777. The number of fused-ring (bicyclic) bond motifs is 2. The smallest absolute Gasteiger partial charge is 0.310 e. The first kappa shape index (κ1) is 16.0. The summed E-state index contributed by atoms with van der Waals surface area (Å²) < 4.78 is 0. The Morgan fingerprint density at radius 2 is 1.96 bits per heavy atom. The van der Waals surface area contributed by atoms with E-state index in [1.807, 2.05) is 37.3 Å². The summed E-state index contributed by atoms with van der Waals surface area (Å²) in [6.45, 7) is 6.34. The average Bonchev–Trinajstić information content (AvgIpc) is 2.81. The molecule has 0 aromatic heterocycles. The molecule has 2 bridgehead atoms. The van der Waals surface area contributed by atoms with Crippen LogP contribution in [0.2, 0.25) is 0 Å². The van der Waals surface area contributed by atoms with Crippen LogP contribution in [0.1, 0.15) is 39.2 Å². The van der Waals surface area contributed by atoms with Crippen LogP contribution in [-0.4, -0.2) is 16.9 Å². The Kier molecular flexibility index (Phi) is 3.70. The number of ketones is 1. The molecule has 2 fully saturated rings. The van der Waals surface area contributed by atoms with Crippen molar-refractivity contribution >= 4 is 11.8 Å². The number of aliphatic carboxylic acids is 1. The number of Topliss-reactive ketones (excluding diaryl/α,β-unsaturated/α-hetero) is 1. The fourth-order valence-electron chi connectivity index (χ4n) is 4.42. The van der Waals surface area contributed by atoms with Crippen molar-refractivity contribution in [2.75, 3.05) is 0 Å². The number of benzene rings is 1. The van der Waals surface area contributed by atoms with Gasteiger partial charge in [0.15, 0.2) is 5.78 Å². The van der Waals surface area contributed by atoms with Crippen LogP contribution in [0.4, 0.5) is 0 Å². The van der Waals surface area contributed by atoms with E-state index in [0.717, 1.165) is 24.0 Å². The first-order chi connectivity index (χ1) is 10.8. The Morgan fingerprint density at radius 1 is 1.30 bits per heavy atom. The van der Waals surface area contributed by atoms with Crippen molar-refractivity contribution in [3.05, 3.63) is 47.5 Å². The molecule has 0 heterocycles. The summed E-state index contributed by atoms with van der Waals surface area (Å²) in [5, 5.41) is 9.59. The molecular weight excluding hydrogens is 288 g/mol. The van der Waals surface area contributed by atoms with Gasteiger partial charge in [0.25, 0.3) is 0 Å². The van der Waals surface area contributed by atoms with E-state index < -0.39 is 11.9 Å². The molecule has 3 nitrogen and oxygen atoms in total. The fourth-order valence-corrected chi connectivity index (χ4v) is 4.42. The van der Waals surface area contributed by atoms with Gasteiger partial charge in [0.2, 0.25) is 0 Å². The van der Waals surface area contributed by atoms with Crippen molar-refractivity contribution < 1.29 is 14.7 Å². The number of allylic oxidation sites excluding steroid dienone is 1. The molecule has 1 aromatic carbocycles. The molecule has 0 saturated heterocycles. The molecule has 2 aliphatic rings. The molecule has 2 saturated carbocycles. The minimum Gasteiger partial charge on any atom is -0.481 e. The van der Waals surface area contributed by atoms with Gasteiger partial charge in [0.1, 0.15) is 0 Å². The maximum Gasteiger partial charge on any atom is 0.310 e. The van der Waals surface area contributed by atoms with Crippen molar-refractivity contribution in [3.8, 4) is 0 Å². The van der Waals surface area contributed by atoms with Gasteiger partial charge in [0, 0.05) is 5.41 Å². The molecule has 3 rings (SSSR count). The maximum atomic E-state index is 12.9. The molecule has 2 aliphatic carbocycles. The largest absolute Gasteiger partial charge is 0.481 e. The Morgan fingerprint density at radius 3 is 2.48 bits per heavy atom. The highest BCUT2D eigenvalue weighted by molar-refractivity contribution is 6.05. The second-order valence-corrected chi connectivity index (χ2v) is 7.73. The van der Waals surface area contributed by atoms with Gasteiger partial charge >= 0.3 is 5.97 Å². The topological polar surface area (TPSA) is 54.4 Å². The second kappa shape index (κ2) is 5.33. The third-order valence-corrected chi connectivity index (χ3v) is 6.36. The molecular formula is C20H24O3. The monoisotopic (exact) mass is 312 g/mol. The Labute approximate surface area is 137 Å². The molecule has 3 heteroatoms. The van der Waals surface area contributed by atoms with Crippen molar-refractivity contribution in [2.24, 2.45) is 22.7 Å². The zero-order chi connectivity index (χ0) is 16.8. The summed E-state index contributed by atoms with van der Waals surface area (Å²) in [4.78, 5) is 24.5. The van der Waals surface area contributed by atoms with E-state index in [0.29, 0.717) is 6.42 Å². The Bertz CT molecular complexity index is 671.